The van der Waals surface area contributed by atoms with E-state index in [1.54, 1.807) is 18.2 Å². The molecule has 188 valence electrons. The number of furan rings is 1. The lowest BCUT2D eigenvalue weighted by Crippen LogP contribution is -2.36. The van der Waals surface area contributed by atoms with Crippen molar-refractivity contribution in [1.29, 1.82) is 0 Å². The van der Waals surface area contributed by atoms with Crippen molar-refractivity contribution in [1.82, 2.24) is 4.90 Å². The molecule has 3 heterocycles. The summed E-state index contributed by atoms with van der Waals surface area (Å²) < 4.78 is 54.5. The Morgan fingerprint density at radius 2 is 1.92 bits per heavy atom. The van der Waals surface area contributed by atoms with Crippen molar-refractivity contribution >= 4 is 34.7 Å². The fourth-order valence-electron chi connectivity index (χ4n) is 4.39. The molecule has 9 nitrogen and oxygen atoms in total. The number of morpholine rings is 1. The van der Waals surface area contributed by atoms with E-state index in [4.69, 9.17) is 13.9 Å². The average Bonchev–Trinajstić information content (AvgIpc) is 3.35. The van der Waals surface area contributed by atoms with Gasteiger partial charge < -0.3 is 19.0 Å². The molecule has 0 bridgehead atoms. The number of hydrogen-bond donors (Lipinski definition) is 2. The molecule has 0 radical (unpaired) electrons. The molecule has 5 rings (SSSR count). The van der Waals surface area contributed by atoms with E-state index in [0.717, 1.165) is 23.5 Å². The third kappa shape index (κ3) is 4.65. The second kappa shape index (κ2) is 10.2. The molecule has 11 heteroatoms. The Bertz CT molecular complexity index is 1350. The van der Waals surface area contributed by atoms with Crippen LogP contribution < -0.4 is 9.04 Å². The van der Waals surface area contributed by atoms with Crippen LogP contribution in [-0.2, 0) is 22.6 Å². The minimum absolute atomic E-state index is 0.0212. The summed E-state index contributed by atoms with van der Waals surface area (Å²) in [5.41, 5.74) is 1.32. The third-order valence-corrected chi connectivity index (χ3v) is 6.79. The quantitative estimate of drug-likeness (QED) is 0.449. The molecule has 2 N–H and O–H groups in total. The first-order valence-corrected chi connectivity index (χ1v) is 12.3. The first kappa shape index (κ1) is 24.2. The molecular formula is C25H23FN2O7S. The number of anilines is 2. The van der Waals surface area contributed by atoms with Gasteiger partial charge >= 0.3 is 5.97 Å². The van der Waals surface area contributed by atoms with Gasteiger partial charge in [0.05, 0.1) is 30.9 Å². The van der Waals surface area contributed by atoms with Gasteiger partial charge in [0.25, 0.3) is 11.3 Å². The molecule has 0 saturated carbocycles. The van der Waals surface area contributed by atoms with Gasteiger partial charge in [-0.1, -0.05) is 12.2 Å². The Hall–Kier alpha value is -3.51. The number of nitrogens with zero attached hydrogens (tertiary/aromatic N) is 2. The summed E-state index contributed by atoms with van der Waals surface area (Å²) in [4.78, 5) is 14.5. The Balaban J connectivity index is 1.58. The molecule has 1 saturated heterocycles. The predicted octanol–water partition coefficient (Wildman–Crippen LogP) is 4.30. The fourth-order valence-corrected chi connectivity index (χ4v) is 5.05. The van der Waals surface area contributed by atoms with Gasteiger partial charge in [0.15, 0.2) is 0 Å². The molecule has 1 unspecified atom stereocenters. The summed E-state index contributed by atoms with van der Waals surface area (Å²) in [5, 5.41) is 10.1. The van der Waals surface area contributed by atoms with Crippen molar-refractivity contribution in [3.8, 4) is 16.9 Å². The number of carbonyl (C=O) groups is 1. The number of carboxylic acids is 1. The lowest BCUT2D eigenvalue weighted by molar-refractivity contribution is 0.0435. The highest BCUT2D eigenvalue weighted by atomic mass is 32.2. The van der Waals surface area contributed by atoms with Crippen LogP contribution >= 0.6 is 0 Å². The van der Waals surface area contributed by atoms with Crippen molar-refractivity contribution in [2.75, 3.05) is 37.2 Å². The number of fused-ring (bicyclic) bond motifs is 3. The van der Waals surface area contributed by atoms with E-state index in [-0.39, 0.29) is 29.3 Å². The van der Waals surface area contributed by atoms with E-state index in [9.17, 15) is 23.1 Å². The maximum atomic E-state index is 14.2. The monoisotopic (exact) mass is 514 g/mol. The molecule has 2 aliphatic rings. The summed E-state index contributed by atoms with van der Waals surface area (Å²) >= 11 is -2.68. The van der Waals surface area contributed by atoms with Gasteiger partial charge in [0.2, 0.25) is 0 Å². The predicted molar refractivity (Wildman–Crippen MR) is 131 cm³/mol. The molecule has 1 atom stereocenters. The Labute approximate surface area is 208 Å². The Morgan fingerprint density at radius 1 is 1.14 bits per heavy atom. The Morgan fingerprint density at radius 3 is 2.67 bits per heavy atom. The van der Waals surface area contributed by atoms with Crippen molar-refractivity contribution in [2.45, 2.75) is 6.61 Å². The number of carboxylic acid groups (broad SMARTS) is 1. The highest BCUT2D eigenvalue weighted by molar-refractivity contribution is 7.81. The second-order valence-electron chi connectivity index (χ2n) is 8.23. The van der Waals surface area contributed by atoms with Gasteiger partial charge in [0.1, 0.15) is 29.5 Å². The van der Waals surface area contributed by atoms with Gasteiger partial charge in [-0.25, -0.2) is 17.7 Å². The zero-order valence-corrected chi connectivity index (χ0v) is 19.9. The zero-order valence-electron chi connectivity index (χ0n) is 19.1. The lowest BCUT2D eigenvalue weighted by atomic mass is 9.98. The number of benzene rings is 2. The standard InChI is InChI=1S/C25H23FN2O7S/c26-17-3-5-20(16(14-17)2-1-8-27-9-12-33-13-10-27)28(36(31)32)21-6-4-19-18-7-11-34-22(18)15-35-24(19)23(21)25(29)30/h1-7,11,14H,8-10,12-13,15H2,(H,29,30)(H,31,32). The summed E-state index contributed by atoms with van der Waals surface area (Å²) in [6.07, 6.45) is 4.97. The minimum Gasteiger partial charge on any atom is -0.484 e. The number of ether oxygens (including phenoxy) is 2. The number of aromatic carboxylic acids is 1. The van der Waals surface area contributed by atoms with Gasteiger partial charge in [-0.3, -0.25) is 9.45 Å². The van der Waals surface area contributed by atoms with Crippen molar-refractivity contribution < 1.29 is 36.9 Å². The van der Waals surface area contributed by atoms with Crippen LogP contribution in [0.1, 0.15) is 21.7 Å². The fraction of sp³-hybridized carbons (Fsp3) is 0.240. The third-order valence-electron chi connectivity index (χ3n) is 6.08. The average molecular weight is 515 g/mol. The van der Waals surface area contributed by atoms with Gasteiger partial charge in [-0.2, -0.15) is 0 Å². The molecule has 0 amide bonds. The van der Waals surface area contributed by atoms with Crippen LogP contribution in [0.3, 0.4) is 0 Å². The zero-order chi connectivity index (χ0) is 25.2. The van der Waals surface area contributed by atoms with Crippen LogP contribution in [0.15, 0.2) is 53.2 Å². The van der Waals surface area contributed by atoms with Crippen molar-refractivity contribution in [2.24, 2.45) is 0 Å². The molecular weight excluding hydrogens is 491 g/mol. The highest BCUT2D eigenvalue weighted by Gasteiger charge is 2.32. The number of rotatable bonds is 7. The summed E-state index contributed by atoms with van der Waals surface area (Å²) in [7, 11) is 0. The number of hydrogen-bond acceptors (Lipinski definition) is 6. The first-order chi connectivity index (χ1) is 17.4. The molecule has 0 spiro atoms. The van der Waals surface area contributed by atoms with Crippen LogP contribution in [0, 0.1) is 5.82 Å². The van der Waals surface area contributed by atoms with E-state index in [0.29, 0.717) is 42.2 Å². The van der Waals surface area contributed by atoms with E-state index in [1.807, 2.05) is 6.08 Å². The minimum atomic E-state index is -2.68. The summed E-state index contributed by atoms with van der Waals surface area (Å²) in [5.74, 6) is -1.25. The van der Waals surface area contributed by atoms with Crippen molar-refractivity contribution in [3.05, 3.63) is 71.4 Å². The van der Waals surface area contributed by atoms with Gasteiger partial charge in [0, 0.05) is 36.3 Å². The van der Waals surface area contributed by atoms with Gasteiger partial charge in [-0.15, -0.1) is 0 Å². The van der Waals surface area contributed by atoms with Gasteiger partial charge in [-0.05, 0) is 36.4 Å². The number of halogens is 1. The van der Waals surface area contributed by atoms with Crippen LogP contribution in [-0.4, -0.2) is 57.6 Å². The maximum absolute atomic E-state index is 14.2. The van der Waals surface area contributed by atoms with Crippen molar-refractivity contribution in [3.63, 3.8) is 0 Å². The molecule has 1 aromatic heterocycles. The smallest absolute Gasteiger partial charge is 0.341 e. The van der Waals surface area contributed by atoms with E-state index in [1.165, 1.54) is 24.5 Å². The molecule has 36 heavy (non-hydrogen) atoms. The van der Waals surface area contributed by atoms with E-state index >= 15 is 0 Å². The molecule has 2 aromatic carbocycles. The summed E-state index contributed by atoms with van der Waals surface area (Å²) in [6, 6.07) is 8.49. The normalized spacial score (nSPS) is 16.3. The largest absolute Gasteiger partial charge is 0.484 e. The van der Waals surface area contributed by atoms with E-state index in [2.05, 4.69) is 4.90 Å². The van der Waals surface area contributed by atoms with Crippen LogP contribution in [0.4, 0.5) is 15.8 Å². The Kier molecular flexibility index (Phi) is 6.88. The molecule has 1 fully saturated rings. The maximum Gasteiger partial charge on any atom is 0.341 e. The SMILES string of the molecule is O=C(O)c1c(N(c2ccc(F)cc2C=CCN2CCOCC2)S(=O)O)ccc2c1OCc1occc1-2. The first-order valence-electron chi connectivity index (χ1n) is 11.2. The van der Waals surface area contributed by atoms with E-state index < -0.39 is 23.1 Å². The van der Waals surface area contributed by atoms with Crippen LogP contribution in [0.25, 0.3) is 17.2 Å². The topological polar surface area (TPSA) is 113 Å². The molecule has 2 aliphatic heterocycles. The lowest BCUT2D eigenvalue weighted by Gasteiger charge is -2.27. The molecule has 0 aliphatic carbocycles. The van der Waals surface area contributed by atoms with Crippen LogP contribution in [0.2, 0.25) is 0 Å². The summed E-state index contributed by atoms with van der Waals surface area (Å²) in [6.45, 7) is 3.41. The highest BCUT2D eigenvalue weighted by Crippen LogP contribution is 2.46. The molecule has 3 aromatic rings. The van der Waals surface area contributed by atoms with Crippen LogP contribution in [0.5, 0.6) is 5.75 Å². The second-order valence-corrected chi connectivity index (χ2v) is 9.06.